The number of aromatic nitrogens is 2. The molecule has 0 aromatic carbocycles. The molecule has 1 fully saturated rings. The smallest absolute Gasteiger partial charge is 0.407 e. The lowest BCUT2D eigenvalue weighted by Crippen LogP contribution is -2.53. The molecule has 134 valence electrons. The monoisotopic (exact) mass is 341 g/mol. The van der Waals surface area contributed by atoms with Gasteiger partial charge in [0.05, 0.1) is 24.2 Å². The number of hydrogen-bond acceptors (Lipinski definition) is 6. The second-order valence-electron chi connectivity index (χ2n) is 6.74. The van der Waals surface area contributed by atoms with Crippen LogP contribution in [0, 0.1) is 10.1 Å². The molecule has 0 aliphatic carbocycles. The number of carboxylic acid groups (broad SMARTS) is 1. The van der Waals surface area contributed by atoms with Gasteiger partial charge in [-0.25, -0.2) is 9.48 Å². The maximum absolute atomic E-state index is 11.5. The Morgan fingerprint density at radius 1 is 1.58 bits per heavy atom. The van der Waals surface area contributed by atoms with Crippen LogP contribution in [0.25, 0.3) is 0 Å². The molecule has 1 aromatic rings. The summed E-state index contributed by atoms with van der Waals surface area (Å²) in [6.07, 6.45) is -0.170. The molecular weight excluding hydrogens is 318 g/mol. The molecule has 1 saturated heterocycles. The van der Waals surface area contributed by atoms with Crippen LogP contribution in [-0.4, -0.2) is 68.7 Å². The van der Waals surface area contributed by atoms with Gasteiger partial charge in [-0.15, -0.1) is 0 Å². The van der Waals surface area contributed by atoms with Crippen molar-refractivity contribution >= 4 is 17.6 Å². The van der Waals surface area contributed by atoms with E-state index < -0.39 is 16.6 Å². The largest absolute Gasteiger partial charge is 0.465 e. The molecule has 2 rings (SSSR count). The fraction of sp³-hybridized carbons (Fsp3) is 0.714. The third-order valence-electron chi connectivity index (χ3n) is 3.95. The summed E-state index contributed by atoms with van der Waals surface area (Å²) in [5, 5.41) is 24.5. The summed E-state index contributed by atoms with van der Waals surface area (Å²) in [5.41, 5.74) is -0.625. The zero-order valence-corrected chi connectivity index (χ0v) is 14.3. The number of aryl methyl sites for hydroxylation is 1. The number of nitrogens with zero attached hydrogens (tertiary/aromatic N) is 5. The Hall–Kier alpha value is -2.36. The van der Waals surface area contributed by atoms with Crippen molar-refractivity contribution in [3.05, 3.63) is 16.3 Å². The highest BCUT2D eigenvalue weighted by molar-refractivity contribution is 5.66. The highest BCUT2D eigenvalue weighted by atomic mass is 16.6. The van der Waals surface area contributed by atoms with E-state index in [-0.39, 0.29) is 18.3 Å². The van der Waals surface area contributed by atoms with Gasteiger partial charge in [0.1, 0.15) is 6.20 Å². The van der Waals surface area contributed by atoms with Gasteiger partial charge in [-0.2, -0.15) is 5.10 Å². The van der Waals surface area contributed by atoms with E-state index in [1.54, 1.807) is 7.05 Å². The molecule has 1 N–H and O–H groups in total. The van der Waals surface area contributed by atoms with Gasteiger partial charge in [-0.3, -0.25) is 10.1 Å². The minimum atomic E-state index is -1.02. The topological polar surface area (TPSA) is 114 Å². The third kappa shape index (κ3) is 3.75. The van der Waals surface area contributed by atoms with Gasteiger partial charge < -0.3 is 19.6 Å². The Labute approximate surface area is 139 Å². The molecule has 1 aliphatic heterocycles. The van der Waals surface area contributed by atoms with Gasteiger partial charge in [0, 0.05) is 25.7 Å². The number of amides is 1. The minimum absolute atomic E-state index is 0.0657. The Balaban J connectivity index is 2.17. The van der Waals surface area contributed by atoms with Gasteiger partial charge in [0.25, 0.3) is 0 Å². The predicted molar refractivity (Wildman–Crippen MR) is 86.3 cm³/mol. The van der Waals surface area contributed by atoms with E-state index in [1.807, 2.05) is 25.7 Å². The number of rotatable bonds is 4. The molecule has 2 heterocycles. The molecule has 0 saturated carbocycles. The van der Waals surface area contributed by atoms with Crippen molar-refractivity contribution in [1.82, 2.24) is 14.7 Å². The van der Waals surface area contributed by atoms with E-state index in [9.17, 15) is 20.0 Å². The summed E-state index contributed by atoms with van der Waals surface area (Å²) in [6, 6.07) is 0. The Morgan fingerprint density at radius 2 is 2.25 bits per heavy atom. The number of carbonyl (C=O) groups is 1. The van der Waals surface area contributed by atoms with Gasteiger partial charge in [-0.05, 0) is 20.8 Å². The van der Waals surface area contributed by atoms with Crippen LogP contribution >= 0.6 is 0 Å². The van der Waals surface area contributed by atoms with Crippen LogP contribution < -0.4 is 4.90 Å². The van der Waals surface area contributed by atoms with Crippen molar-refractivity contribution in [1.29, 1.82) is 0 Å². The summed E-state index contributed by atoms with van der Waals surface area (Å²) in [7, 11) is 1.64. The standard InChI is InChI=1S/C14H23N5O5/c1-14(2,3)18(13(20)21)9-10-8-17(5-6-24-10)12-11(19(22)23)7-15-16(12)4/h7,10H,5-6,8-9H2,1-4H3,(H,20,21). The van der Waals surface area contributed by atoms with Crippen LogP contribution in [-0.2, 0) is 11.8 Å². The van der Waals surface area contributed by atoms with E-state index in [0.29, 0.717) is 25.5 Å². The Kier molecular flexibility index (Phi) is 4.97. The SMILES string of the molecule is Cn1ncc([N+](=O)[O-])c1N1CCOC(CN(C(=O)O)C(C)(C)C)C1. The van der Waals surface area contributed by atoms with Crippen molar-refractivity contribution < 1.29 is 19.6 Å². The van der Waals surface area contributed by atoms with Gasteiger partial charge in [0.15, 0.2) is 0 Å². The van der Waals surface area contributed by atoms with Crippen molar-refractivity contribution in [2.75, 3.05) is 31.1 Å². The molecule has 10 heteroatoms. The van der Waals surface area contributed by atoms with Crippen LogP contribution in [0.2, 0.25) is 0 Å². The minimum Gasteiger partial charge on any atom is -0.465 e. The number of hydrogen-bond donors (Lipinski definition) is 1. The summed E-state index contributed by atoms with van der Waals surface area (Å²) in [4.78, 5) is 25.3. The lowest BCUT2D eigenvalue weighted by Gasteiger charge is -2.39. The van der Waals surface area contributed by atoms with Crippen molar-refractivity contribution in [2.24, 2.45) is 7.05 Å². The van der Waals surface area contributed by atoms with Crippen LogP contribution in [0.1, 0.15) is 20.8 Å². The van der Waals surface area contributed by atoms with Gasteiger partial charge >= 0.3 is 11.8 Å². The molecule has 1 aromatic heterocycles. The number of morpholine rings is 1. The second-order valence-corrected chi connectivity index (χ2v) is 6.74. The van der Waals surface area contributed by atoms with Crippen LogP contribution in [0.15, 0.2) is 6.20 Å². The average Bonchev–Trinajstić information content (AvgIpc) is 2.85. The third-order valence-corrected chi connectivity index (χ3v) is 3.95. The summed E-state index contributed by atoms with van der Waals surface area (Å²) >= 11 is 0. The predicted octanol–water partition coefficient (Wildman–Crippen LogP) is 1.31. The van der Waals surface area contributed by atoms with E-state index >= 15 is 0 Å². The number of nitro groups is 1. The molecule has 0 bridgehead atoms. The maximum Gasteiger partial charge on any atom is 0.407 e. The lowest BCUT2D eigenvalue weighted by molar-refractivity contribution is -0.384. The highest BCUT2D eigenvalue weighted by Gasteiger charge is 2.34. The molecule has 10 nitrogen and oxygen atoms in total. The zero-order valence-electron chi connectivity index (χ0n) is 14.3. The molecule has 0 spiro atoms. The molecule has 1 aliphatic rings. The van der Waals surface area contributed by atoms with E-state index in [2.05, 4.69) is 5.10 Å². The highest BCUT2D eigenvalue weighted by Crippen LogP contribution is 2.29. The molecule has 1 unspecified atom stereocenters. The summed E-state index contributed by atoms with van der Waals surface area (Å²) in [5.74, 6) is 0.408. The maximum atomic E-state index is 11.5. The molecule has 1 atom stereocenters. The van der Waals surface area contributed by atoms with Crippen molar-refractivity contribution in [2.45, 2.75) is 32.4 Å². The van der Waals surface area contributed by atoms with E-state index in [4.69, 9.17) is 4.74 Å². The fourth-order valence-corrected chi connectivity index (χ4v) is 2.78. The zero-order chi connectivity index (χ0) is 18.1. The first-order chi connectivity index (χ1) is 11.1. The molecule has 0 radical (unpaired) electrons. The van der Waals surface area contributed by atoms with E-state index in [0.717, 1.165) is 0 Å². The van der Waals surface area contributed by atoms with Gasteiger partial charge in [-0.1, -0.05) is 0 Å². The fourth-order valence-electron chi connectivity index (χ4n) is 2.78. The van der Waals surface area contributed by atoms with Crippen molar-refractivity contribution in [3.8, 4) is 0 Å². The number of anilines is 1. The molecular formula is C14H23N5O5. The normalized spacial score (nSPS) is 18.5. The first-order valence-corrected chi connectivity index (χ1v) is 7.64. The first kappa shape index (κ1) is 18.0. The van der Waals surface area contributed by atoms with Crippen molar-refractivity contribution in [3.63, 3.8) is 0 Å². The summed E-state index contributed by atoms with van der Waals surface area (Å²) in [6.45, 7) is 6.85. The van der Waals surface area contributed by atoms with E-state index in [1.165, 1.54) is 15.8 Å². The van der Waals surface area contributed by atoms with Crippen LogP contribution in [0.5, 0.6) is 0 Å². The van der Waals surface area contributed by atoms with Crippen LogP contribution in [0.3, 0.4) is 0 Å². The quantitative estimate of drug-likeness (QED) is 0.648. The summed E-state index contributed by atoms with van der Waals surface area (Å²) < 4.78 is 7.13. The first-order valence-electron chi connectivity index (χ1n) is 7.64. The lowest BCUT2D eigenvalue weighted by atomic mass is 10.1. The second kappa shape index (κ2) is 6.63. The average molecular weight is 341 g/mol. The van der Waals surface area contributed by atoms with Gasteiger partial charge in [0.2, 0.25) is 5.82 Å². The Morgan fingerprint density at radius 3 is 2.79 bits per heavy atom. The molecule has 24 heavy (non-hydrogen) atoms. The Bertz CT molecular complexity index is 624. The van der Waals surface area contributed by atoms with Crippen LogP contribution in [0.4, 0.5) is 16.3 Å². The molecule has 1 amide bonds. The number of ether oxygens (including phenoxy) is 1.